The van der Waals surface area contributed by atoms with Crippen molar-refractivity contribution in [3.63, 3.8) is 0 Å². The van der Waals surface area contributed by atoms with Crippen LogP contribution in [-0.2, 0) is 19.1 Å². The molecule has 0 saturated carbocycles. The highest BCUT2D eigenvalue weighted by atomic mass is 16.5. The third kappa shape index (κ3) is 15.6. The summed E-state index contributed by atoms with van der Waals surface area (Å²) in [6.45, 7) is 19.3. The van der Waals surface area contributed by atoms with E-state index in [0.717, 1.165) is 18.8 Å². The summed E-state index contributed by atoms with van der Waals surface area (Å²) < 4.78 is 10.9. The zero-order chi connectivity index (χ0) is 22.8. The van der Waals surface area contributed by atoms with Crippen LogP contribution >= 0.6 is 0 Å². The van der Waals surface area contributed by atoms with Crippen LogP contribution in [0.4, 0.5) is 0 Å². The van der Waals surface area contributed by atoms with Crippen LogP contribution in [0.2, 0.25) is 0 Å². The Kier molecular flexibility index (Phi) is 16.7. The second kappa shape index (κ2) is 17.4. The van der Waals surface area contributed by atoms with Crippen LogP contribution in [0, 0.1) is 18.4 Å². The Hall–Kier alpha value is -1.25. The van der Waals surface area contributed by atoms with Gasteiger partial charge in [-0.2, -0.15) is 0 Å². The first kappa shape index (κ1) is 28.8. The second-order valence-electron chi connectivity index (χ2n) is 9.32. The van der Waals surface area contributed by atoms with Gasteiger partial charge in [-0.3, -0.25) is 9.59 Å². The molecule has 1 unspecified atom stereocenters. The Labute approximate surface area is 185 Å². The molecule has 0 aromatic heterocycles. The third-order valence-corrected chi connectivity index (χ3v) is 5.78. The molecule has 5 nitrogen and oxygen atoms in total. The van der Waals surface area contributed by atoms with Gasteiger partial charge in [-0.25, -0.2) is 6.57 Å². The van der Waals surface area contributed by atoms with Gasteiger partial charge in [-0.15, -0.1) is 0 Å². The highest BCUT2D eigenvalue weighted by Gasteiger charge is 2.34. The molecule has 30 heavy (non-hydrogen) atoms. The normalized spacial score (nSPS) is 13.4. The minimum atomic E-state index is -0.450. The van der Waals surface area contributed by atoms with Crippen LogP contribution < -0.4 is 0 Å². The van der Waals surface area contributed by atoms with Gasteiger partial charge in [0.15, 0.2) is 5.78 Å². The van der Waals surface area contributed by atoms with E-state index in [9.17, 15) is 9.59 Å². The van der Waals surface area contributed by atoms with E-state index in [2.05, 4.69) is 18.7 Å². The van der Waals surface area contributed by atoms with Crippen LogP contribution in [0.3, 0.4) is 0 Å². The smallest absolute Gasteiger partial charge is 0.232 e. The van der Waals surface area contributed by atoms with E-state index in [4.69, 9.17) is 16.0 Å². The Morgan fingerprint density at radius 3 is 2.10 bits per heavy atom. The number of ketones is 2. The molecule has 0 N–H and O–H groups in total. The van der Waals surface area contributed by atoms with Gasteiger partial charge in [0.2, 0.25) is 5.54 Å². The molecule has 0 amide bonds. The minimum Gasteiger partial charge on any atom is -0.379 e. The zero-order valence-corrected chi connectivity index (χ0v) is 20.1. The van der Waals surface area contributed by atoms with Crippen molar-refractivity contribution in [2.75, 3.05) is 26.4 Å². The van der Waals surface area contributed by atoms with Crippen LogP contribution in [0.15, 0.2) is 0 Å². The van der Waals surface area contributed by atoms with Crippen molar-refractivity contribution in [1.82, 2.24) is 0 Å². The Morgan fingerprint density at radius 2 is 1.47 bits per heavy atom. The zero-order valence-electron chi connectivity index (χ0n) is 20.1. The average Bonchev–Trinajstić information content (AvgIpc) is 2.70. The van der Waals surface area contributed by atoms with Gasteiger partial charge >= 0.3 is 0 Å². The number of hydrogen-bond donors (Lipinski definition) is 0. The molecule has 5 heteroatoms. The quantitative estimate of drug-likeness (QED) is 0.177. The van der Waals surface area contributed by atoms with Crippen LogP contribution in [-0.4, -0.2) is 43.5 Å². The van der Waals surface area contributed by atoms with E-state index in [0.29, 0.717) is 51.9 Å². The third-order valence-electron chi connectivity index (χ3n) is 5.78. The molecule has 0 aliphatic rings. The molecule has 0 saturated heterocycles. The number of ether oxygens (including phenoxy) is 2. The van der Waals surface area contributed by atoms with Gasteiger partial charge in [-0.1, -0.05) is 53.4 Å². The number of carbonyl (C=O) groups is 2. The predicted molar refractivity (Wildman–Crippen MR) is 123 cm³/mol. The molecule has 0 fully saturated rings. The van der Waals surface area contributed by atoms with E-state index < -0.39 is 5.54 Å². The molecule has 1 atom stereocenters. The average molecular weight is 424 g/mol. The molecule has 0 bridgehead atoms. The Bertz CT molecular complexity index is 510. The summed E-state index contributed by atoms with van der Waals surface area (Å²) in [5.74, 6) is 1.37. The Morgan fingerprint density at radius 1 is 0.833 bits per heavy atom. The number of nitrogens with zero attached hydrogens (tertiary/aromatic N) is 1. The number of Topliss-reactive ketones (excluding diaryl/α,β-unsaturated/α-hetero) is 2. The molecule has 0 spiro atoms. The first-order valence-electron chi connectivity index (χ1n) is 11.8. The predicted octanol–water partition coefficient (Wildman–Crippen LogP) is 6.05. The monoisotopic (exact) mass is 423 g/mol. The lowest BCUT2D eigenvalue weighted by Crippen LogP contribution is -2.28. The molecule has 0 aliphatic carbocycles. The van der Waals surface area contributed by atoms with Crippen molar-refractivity contribution in [2.24, 2.45) is 11.8 Å². The van der Waals surface area contributed by atoms with E-state index in [-0.39, 0.29) is 24.1 Å². The van der Waals surface area contributed by atoms with E-state index in [1.54, 1.807) is 0 Å². The molecule has 0 rings (SSSR count). The maximum atomic E-state index is 12.0. The SMILES string of the molecule is [C-]#[N+]C(C)(CCC(=O)CCCOCCOCC(=O)CCCCCCC(C)C)C(C)C. The number of unbranched alkanes of at least 4 members (excludes halogenated alkanes) is 3. The summed E-state index contributed by atoms with van der Waals surface area (Å²) in [6.07, 6.45) is 8.66. The maximum absolute atomic E-state index is 12.0. The lowest BCUT2D eigenvalue weighted by atomic mass is 9.84. The van der Waals surface area contributed by atoms with Gasteiger partial charge in [0, 0.05) is 45.1 Å². The van der Waals surface area contributed by atoms with Crippen LogP contribution in [0.25, 0.3) is 4.85 Å². The fourth-order valence-electron chi connectivity index (χ4n) is 3.07. The molecule has 0 radical (unpaired) electrons. The molecular weight excluding hydrogens is 378 g/mol. The summed E-state index contributed by atoms with van der Waals surface area (Å²) >= 11 is 0. The lowest BCUT2D eigenvalue weighted by molar-refractivity contribution is -0.124. The maximum Gasteiger partial charge on any atom is 0.232 e. The lowest BCUT2D eigenvalue weighted by Gasteiger charge is -2.20. The number of rotatable bonds is 20. The topological polar surface area (TPSA) is 57.0 Å². The largest absolute Gasteiger partial charge is 0.379 e. The van der Waals surface area contributed by atoms with Crippen molar-refractivity contribution in [1.29, 1.82) is 0 Å². The first-order valence-corrected chi connectivity index (χ1v) is 11.8. The summed E-state index contributed by atoms with van der Waals surface area (Å²) in [5.41, 5.74) is -0.450. The van der Waals surface area contributed by atoms with Gasteiger partial charge in [0.05, 0.1) is 13.2 Å². The summed E-state index contributed by atoms with van der Waals surface area (Å²) in [4.78, 5) is 27.5. The second-order valence-corrected chi connectivity index (χ2v) is 9.32. The molecule has 0 aliphatic heterocycles. The van der Waals surface area contributed by atoms with Crippen molar-refractivity contribution in [3.8, 4) is 0 Å². The van der Waals surface area contributed by atoms with Gasteiger partial charge < -0.3 is 14.3 Å². The van der Waals surface area contributed by atoms with Gasteiger partial charge in [0.25, 0.3) is 0 Å². The molecule has 0 heterocycles. The summed E-state index contributed by atoms with van der Waals surface area (Å²) in [6, 6.07) is 0. The summed E-state index contributed by atoms with van der Waals surface area (Å²) in [5, 5.41) is 0. The van der Waals surface area contributed by atoms with Crippen molar-refractivity contribution >= 4 is 11.6 Å². The molecular formula is C25H45NO4. The highest BCUT2D eigenvalue weighted by Crippen LogP contribution is 2.27. The fraction of sp³-hybridized carbons (Fsp3) is 0.880. The van der Waals surface area contributed by atoms with Crippen molar-refractivity contribution < 1.29 is 19.1 Å². The summed E-state index contributed by atoms with van der Waals surface area (Å²) in [7, 11) is 0. The van der Waals surface area contributed by atoms with E-state index >= 15 is 0 Å². The molecule has 174 valence electrons. The van der Waals surface area contributed by atoms with Crippen LogP contribution in [0.1, 0.15) is 98.8 Å². The first-order chi connectivity index (χ1) is 14.2. The fourth-order valence-corrected chi connectivity index (χ4v) is 3.07. The highest BCUT2D eigenvalue weighted by molar-refractivity contribution is 5.79. The molecule has 0 aromatic rings. The minimum absolute atomic E-state index is 0.164. The number of hydrogen-bond acceptors (Lipinski definition) is 4. The van der Waals surface area contributed by atoms with Crippen molar-refractivity contribution in [2.45, 2.75) is 104 Å². The van der Waals surface area contributed by atoms with Gasteiger partial charge in [0.1, 0.15) is 12.4 Å². The van der Waals surface area contributed by atoms with Crippen molar-refractivity contribution in [3.05, 3.63) is 11.4 Å². The number of carbonyl (C=O) groups excluding carboxylic acids is 2. The Balaban J connectivity index is 3.52. The molecule has 0 aromatic carbocycles. The van der Waals surface area contributed by atoms with E-state index in [1.807, 2.05) is 20.8 Å². The standard InChI is InChI=1S/C25H45NO4/c1-21(2)12-9-7-8-10-13-24(28)20-30-19-18-29-17-11-14-23(27)15-16-25(5,26-6)22(3)4/h21-22H,7-20H2,1-5H3. The van der Waals surface area contributed by atoms with Crippen LogP contribution in [0.5, 0.6) is 0 Å². The van der Waals surface area contributed by atoms with Gasteiger partial charge in [-0.05, 0) is 18.8 Å². The van der Waals surface area contributed by atoms with E-state index in [1.165, 1.54) is 19.3 Å².